The Morgan fingerprint density at radius 2 is 1.69 bits per heavy atom. The zero-order chi connectivity index (χ0) is 28.0. The fourth-order valence-electron chi connectivity index (χ4n) is 3.93. The van der Waals surface area contributed by atoms with E-state index in [2.05, 4.69) is 15.6 Å². The van der Waals surface area contributed by atoms with E-state index in [1.165, 1.54) is 12.1 Å². The van der Waals surface area contributed by atoms with Crippen LogP contribution < -0.4 is 14.9 Å². The number of para-hydroxylation sites is 1. The number of carbonyl (C=O) groups is 2. The molecule has 2 N–H and O–H groups in total. The minimum atomic E-state index is -4.12. The Morgan fingerprint density at radius 3 is 2.38 bits per heavy atom. The van der Waals surface area contributed by atoms with Gasteiger partial charge in [0.25, 0.3) is 15.9 Å². The number of nitrogens with one attached hydrogen (secondary N) is 2. The molecule has 3 aromatic carbocycles. The molecule has 1 heterocycles. The van der Waals surface area contributed by atoms with Gasteiger partial charge in [-0.05, 0) is 73.5 Å². The van der Waals surface area contributed by atoms with Gasteiger partial charge in [0.1, 0.15) is 6.54 Å². The number of carbonyl (C=O) groups excluding carboxylic acids is 2. The Bertz CT molecular complexity index is 1590. The second-order valence-electron chi connectivity index (χ2n) is 8.89. The summed E-state index contributed by atoms with van der Waals surface area (Å²) in [5, 5.41) is 5.96. The fourth-order valence-corrected chi connectivity index (χ4v) is 5.64. The van der Waals surface area contributed by atoms with Crippen molar-refractivity contribution < 1.29 is 18.0 Å². The summed E-state index contributed by atoms with van der Waals surface area (Å²) in [5.74, 6) is -1.01. The molecule has 200 valence electrons. The van der Waals surface area contributed by atoms with Crippen molar-refractivity contribution in [3.05, 3.63) is 119 Å². The number of aryl methyl sites for hydroxylation is 2. The average Bonchev–Trinajstić information content (AvgIpc) is 2.92. The number of rotatable bonds is 9. The molecule has 4 aromatic rings. The van der Waals surface area contributed by atoms with Gasteiger partial charge in [0.05, 0.1) is 21.8 Å². The van der Waals surface area contributed by atoms with Crippen LogP contribution in [0, 0.1) is 13.8 Å². The maximum absolute atomic E-state index is 13.7. The van der Waals surface area contributed by atoms with E-state index in [1.54, 1.807) is 80.0 Å². The number of nitrogens with zero attached hydrogens (tertiary/aromatic N) is 2. The molecule has 0 aliphatic rings. The molecule has 0 spiro atoms. The second-order valence-corrected chi connectivity index (χ2v) is 11.2. The zero-order valence-electron chi connectivity index (χ0n) is 21.4. The lowest BCUT2D eigenvalue weighted by Crippen LogP contribution is -2.39. The minimum absolute atomic E-state index is 0.0467. The highest BCUT2D eigenvalue weighted by Crippen LogP contribution is 2.29. The predicted octanol–water partition coefficient (Wildman–Crippen LogP) is 5.12. The van der Waals surface area contributed by atoms with Gasteiger partial charge >= 0.3 is 0 Å². The van der Waals surface area contributed by atoms with Crippen LogP contribution in [0.15, 0.2) is 96.2 Å². The molecule has 0 saturated carbocycles. The van der Waals surface area contributed by atoms with Crippen LogP contribution in [0.1, 0.15) is 27.0 Å². The number of pyridine rings is 1. The number of benzene rings is 3. The first-order valence-corrected chi connectivity index (χ1v) is 13.9. The van der Waals surface area contributed by atoms with Crippen LogP contribution in [-0.4, -0.2) is 31.8 Å². The van der Waals surface area contributed by atoms with Crippen molar-refractivity contribution in [1.82, 2.24) is 10.3 Å². The fraction of sp³-hybridized carbons (Fsp3) is 0.138. The van der Waals surface area contributed by atoms with Crippen molar-refractivity contribution in [3.63, 3.8) is 0 Å². The van der Waals surface area contributed by atoms with Gasteiger partial charge in [-0.15, -0.1) is 0 Å². The Hall–Kier alpha value is -4.21. The van der Waals surface area contributed by atoms with E-state index in [1.807, 2.05) is 13.0 Å². The minimum Gasteiger partial charge on any atom is -0.348 e. The number of sulfonamides is 1. The number of anilines is 2. The maximum atomic E-state index is 13.7. The molecule has 0 radical (unpaired) electrons. The standard InChI is InChI=1S/C29H27ClN4O4S/c1-20-9-12-24(13-10-20)39(37,38)34(27-14-11-23(30)16-21(27)2)19-28(35)33-26-8-4-3-7-25(26)29(36)32-18-22-6-5-15-31-17-22/h3-17H,18-19H2,1-2H3,(H,32,36)(H,33,35). The van der Waals surface area contributed by atoms with E-state index >= 15 is 0 Å². The highest BCUT2D eigenvalue weighted by molar-refractivity contribution is 7.92. The molecule has 0 fully saturated rings. The van der Waals surface area contributed by atoms with Gasteiger partial charge in [-0.3, -0.25) is 18.9 Å². The van der Waals surface area contributed by atoms with Crippen LogP contribution in [0.5, 0.6) is 0 Å². The van der Waals surface area contributed by atoms with Crippen molar-refractivity contribution in [3.8, 4) is 0 Å². The van der Waals surface area contributed by atoms with Crippen molar-refractivity contribution in [2.75, 3.05) is 16.2 Å². The number of hydrogen-bond donors (Lipinski definition) is 2. The molecule has 8 nitrogen and oxygen atoms in total. The number of hydrogen-bond acceptors (Lipinski definition) is 5. The van der Waals surface area contributed by atoms with Crippen molar-refractivity contribution >= 4 is 44.8 Å². The summed E-state index contributed by atoms with van der Waals surface area (Å²) in [5.41, 5.74) is 3.12. The van der Waals surface area contributed by atoms with Crippen LogP contribution in [0.4, 0.5) is 11.4 Å². The topological polar surface area (TPSA) is 108 Å². The Morgan fingerprint density at radius 1 is 0.949 bits per heavy atom. The van der Waals surface area contributed by atoms with Gasteiger partial charge in [0.15, 0.2) is 0 Å². The van der Waals surface area contributed by atoms with Gasteiger partial charge in [-0.2, -0.15) is 0 Å². The van der Waals surface area contributed by atoms with Crippen LogP contribution >= 0.6 is 11.6 Å². The van der Waals surface area contributed by atoms with Crippen molar-refractivity contribution in [2.45, 2.75) is 25.3 Å². The van der Waals surface area contributed by atoms with Crippen LogP contribution in [0.3, 0.4) is 0 Å². The van der Waals surface area contributed by atoms with Crippen LogP contribution in [-0.2, 0) is 21.4 Å². The largest absolute Gasteiger partial charge is 0.348 e. The van der Waals surface area contributed by atoms with Crippen LogP contribution in [0.25, 0.3) is 0 Å². The maximum Gasteiger partial charge on any atom is 0.264 e. The molecule has 4 rings (SSSR count). The van der Waals surface area contributed by atoms with Gasteiger partial charge in [0, 0.05) is 24.0 Å². The highest BCUT2D eigenvalue weighted by atomic mass is 35.5. The first-order valence-electron chi connectivity index (χ1n) is 12.1. The van der Waals surface area contributed by atoms with E-state index in [0.717, 1.165) is 15.4 Å². The van der Waals surface area contributed by atoms with E-state index in [-0.39, 0.29) is 22.7 Å². The van der Waals surface area contributed by atoms with Gasteiger partial charge in [-0.1, -0.05) is 47.5 Å². The third-order valence-corrected chi connectivity index (χ3v) is 7.95. The molecular formula is C29H27ClN4O4S. The molecule has 1 aromatic heterocycles. The van der Waals surface area contributed by atoms with E-state index in [9.17, 15) is 18.0 Å². The Kier molecular flexibility index (Phi) is 8.63. The summed E-state index contributed by atoms with van der Waals surface area (Å²) in [6.07, 6.45) is 3.29. The summed E-state index contributed by atoms with van der Waals surface area (Å²) in [7, 11) is -4.12. The monoisotopic (exact) mass is 562 g/mol. The van der Waals surface area contributed by atoms with Crippen LogP contribution in [0.2, 0.25) is 5.02 Å². The molecule has 39 heavy (non-hydrogen) atoms. The highest BCUT2D eigenvalue weighted by Gasteiger charge is 2.29. The number of aromatic nitrogens is 1. The lowest BCUT2D eigenvalue weighted by atomic mass is 10.1. The number of halogens is 1. The Labute approximate surface area is 232 Å². The first-order chi connectivity index (χ1) is 18.6. The molecular weight excluding hydrogens is 536 g/mol. The van der Waals surface area contributed by atoms with Crippen molar-refractivity contribution in [1.29, 1.82) is 0 Å². The summed E-state index contributed by atoms with van der Waals surface area (Å²) in [6, 6.07) is 21.3. The SMILES string of the molecule is Cc1ccc(S(=O)(=O)N(CC(=O)Nc2ccccc2C(=O)NCc2cccnc2)c2ccc(Cl)cc2C)cc1. The quantitative estimate of drug-likeness (QED) is 0.294. The smallest absolute Gasteiger partial charge is 0.264 e. The summed E-state index contributed by atoms with van der Waals surface area (Å²) >= 11 is 6.11. The Balaban J connectivity index is 1.59. The molecule has 0 bridgehead atoms. The molecule has 0 unspecified atom stereocenters. The molecule has 0 aliphatic heterocycles. The zero-order valence-corrected chi connectivity index (χ0v) is 23.0. The average molecular weight is 563 g/mol. The second kappa shape index (κ2) is 12.1. The van der Waals surface area contributed by atoms with E-state index in [4.69, 9.17) is 11.6 Å². The molecule has 0 aliphatic carbocycles. The lowest BCUT2D eigenvalue weighted by molar-refractivity contribution is -0.114. The normalized spacial score (nSPS) is 11.1. The third kappa shape index (κ3) is 6.81. The summed E-state index contributed by atoms with van der Waals surface area (Å²) in [6.45, 7) is 3.31. The van der Waals surface area contributed by atoms with E-state index in [0.29, 0.717) is 16.3 Å². The molecule has 0 saturated heterocycles. The lowest BCUT2D eigenvalue weighted by Gasteiger charge is -2.26. The molecule has 0 atom stereocenters. The van der Waals surface area contributed by atoms with E-state index < -0.39 is 28.4 Å². The van der Waals surface area contributed by atoms with Gasteiger partial charge in [-0.25, -0.2) is 8.42 Å². The third-order valence-electron chi connectivity index (χ3n) is 5.95. The first kappa shape index (κ1) is 27.8. The molecule has 2 amide bonds. The van der Waals surface area contributed by atoms with Crippen molar-refractivity contribution in [2.24, 2.45) is 0 Å². The summed E-state index contributed by atoms with van der Waals surface area (Å²) in [4.78, 5) is 30.3. The van der Waals surface area contributed by atoms with Gasteiger partial charge in [0.2, 0.25) is 5.91 Å². The predicted molar refractivity (Wildman–Crippen MR) is 152 cm³/mol. The molecule has 10 heteroatoms. The summed E-state index contributed by atoms with van der Waals surface area (Å²) < 4.78 is 28.5. The van der Waals surface area contributed by atoms with Gasteiger partial charge < -0.3 is 10.6 Å². The number of amides is 2.